The molecule has 1 aromatic heterocycles. The summed E-state index contributed by atoms with van der Waals surface area (Å²) in [4.78, 5) is 18.7. The average molecular weight is 353 g/mol. The molecule has 0 radical (unpaired) electrons. The molecule has 2 aromatic rings. The van der Waals surface area contributed by atoms with Crippen molar-refractivity contribution in [2.75, 3.05) is 7.05 Å². The van der Waals surface area contributed by atoms with Gasteiger partial charge in [0.25, 0.3) is 0 Å². The number of nitrogens with two attached hydrogens (primary N) is 1. The van der Waals surface area contributed by atoms with E-state index in [1.54, 1.807) is 13.2 Å². The molecule has 0 saturated heterocycles. The molecular formula is C20H27N5O. The van der Waals surface area contributed by atoms with Crippen molar-refractivity contribution in [1.29, 1.82) is 0 Å². The van der Waals surface area contributed by atoms with Gasteiger partial charge in [-0.2, -0.15) is 5.10 Å². The second-order valence-corrected chi connectivity index (χ2v) is 6.75. The summed E-state index contributed by atoms with van der Waals surface area (Å²) in [5.41, 5.74) is 9.07. The quantitative estimate of drug-likeness (QED) is 0.921. The zero-order valence-corrected chi connectivity index (χ0v) is 15.9. The minimum absolute atomic E-state index is 0.0679. The third-order valence-electron chi connectivity index (χ3n) is 4.91. The highest BCUT2D eigenvalue weighted by Crippen LogP contribution is 2.46. The SMILES string of the molecule is CC.Cc1cccc(-n2cc(C3N=C(N)N(C)C(=O)C3C3CC3)cn2)c1. The molecule has 138 valence electrons. The summed E-state index contributed by atoms with van der Waals surface area (Å²) < 4.78 is 1.83. The van der Waals surface area contributed by atoms with E-state index in [1.807, 2.05) is 36.9 Å². The number of benzene rings is 1. The van der Waals surface area contributed by atoms with Gasteiger partial charge in [-0.15, -0.1) is 0 Å². The number of rotatable bonds is 3. The molecule has 4 rings (SSSR count). The highest BCUT2D eigenvalue weighted by molar-refractivity contribution is 5.99. The molecule has 2 aliphatic rings. The molecule has 2 heterocycles. The molecule has 2 atom stereocenters. The van der Waals surface area contributed by atoms with Gasteiger partial charge in [-0.1, -0.05) is 26.0 Å². The standard InChI is InChI=1S/C18H21N5O.C2H6/c1-11-4-3-5-14(8-11)23-10-13(9-20-23)16-15(12-6-7-12)17(24)22(2)18(19)21-16;1-2/h3-5,8-10,12,15-16H,6-7H2,1-2H3,(H2,19,21);1-2H3. The lowest BCUT2D eigenvalue weighted by molar-refractivity contribution is -0.133. The van der Waals surface area contributed by atoms with Crippen molar-refractivity contribution in [2.45, 2.75) is 39.7 Å². The van der Waals surface area contributed by atoms with E-state index in [0.29, 0.717) is 5.92 Å². The lowest BCUT2D eigenvalue weighted by atomic mass is 9.88. The third kappa shape index (κ3) is 3.36. The third-order valence-corrected chi connectivity index (χ3v) is 4.91. The number of aliphatic imine (C=N–C) groups is 1. The summed E-state index contributed by atoms with van der Waals surface area (Å²) in [6.07, 6.45) is 5.94. The highest BCUT2D eigenvalue weighted by Gasteiger charge is 2.46. The number of hydrogen-bond donors (Lipinski definition) is 1. The number of hydrogen-bond acceptors (Lipinski definition) is 4. The molecule has 6 nitrogen and oxygen atoms in total. The summed E-state index contributed by atoms with van der Waals surface area (Å²) in [6, 6.07) is 7.91. The summed E-state index contributed by atoms with van der Waals surface area (Å²) in [5, 5.41) is 4.47. The van der Waals surface area contributed by atoms with Crippen LogP contribution in [0, 0.1) is 18.8 Å². The number of guanidine groups is 1. The molecule has 1 aliphatic carbocycles. The minimum atomic E-state index is -0.236. The fourth-order valence-electron chi connectivity index (χ4n) is 3.38. The van der Waals surface area contributed by atoms with Crippen LogP contribution in [0.5, 0.6) is 0 Å². The Balaban J connectivity index is 0.000000948. The van der Waals surface area contributed by atoms with Gasteiger partial charge in [-0.05, 0) is 43.4 Å². The molecule has 1 amide bonds. The smallest absolute Gasteiger partial charge is 0.234 e. The molecule has 0 bridgehead atoms. The Hall–Kier alpha value is -2.63. The molecule has 1 aliphatic heterocycles. The Kier molecular flexibility index (Phi) is 5.11. The molecule has 1 saturated carbocycles. The van der Waals surface area contributed by atoms with E-state index in [9.17, 15) is 4.79 Å². The van der Waals surface area contributed by atoms with E-state index in [1.165, 1.54) is 10.5 Å². The van der Waals surface area contributed by atoms with Crippen LogP contribution >= 0.6 is 0 Å². The first-order valence-corrected chi connectivity index (χ1v) is 9.27. The van der Waals surface area contributed by atoms with Crippen molar-refractivity contribution >= 4 is 11.9 Å². The summed E-state index contributed by atoms with van der Waals surface area (Å²) in [5.74, 6) is 0.630. The van der Waals surface area contributed by atoms with Gasteiger partial charge < -0.3 is 5.73 Å². The Bertz CT molecular complexity index is 821. The highest BCUT2D eigenvalue weighted by atomic mass is 16.2. The van der Waals surface area contributed by atoms with Crippen LogP contribution in [0.4, 0.5) is 0 Å². The van der Waals surface area contributed by atoms with Gasteiger partial charge in [-0.3, -0.25) is 9.69 Å². The first-order chi connectivity index (χ1) is 12.5. The maximum absolute atomic E-state index is 12.7. The number of nitrogens with zero attached hydrogens (tertiary/aromatic N) is 4. The van der Waals surface area contributed by atoms with Gasteiger partial charge in [0.15, 0.2) is 5.96 Å². The Morgan fingerprint density at radius 2 is 1.96 bits per heavy atom. The second-order valence-electron chi connectivity index (χ2n) is 6.75. The second kappa shape index (κ2) is 7.32. The first kappa shape index (κ1) is 18.2. The molecule has 2 unspecified atom stereocenters. The van der Waals surface area contributed by atoms with E-state index < -0.39 is 0 Å². The predicted molar refractivity (Wildman–Crippen MR) is 103 cm³/mol. The van der Waals surface area contributed by atoms with Gasteiger partial charge in [0, 0.05) is 18.8 Å². The van der Waals surface area contributed by atoms with Crippen LogP contribution in [0.25, 0.3) is 5.69 Å². The fourth-order valence-corrected chi connectivity index (χ4v) is 3.38. The predicted octanol–water partition coefficient (Wildman–Crippen LogP) is 3.06. The molecule has 2 N–H and O–H groups in total. The van der Waals surface area contributed by atoms with Crippen LogP contribution in [0.1, 0.15) is 43.9 Å². The monoisotopic (exact) mass is 353 g/mol. The van der Waals surface area contributed by atoms with Crippen LogP contribution in [0.15, 0.2) is 41.7 Å². The van der Waals surface area contributed by atoms with E-state index in [0.717, 1.165) is 24.1 Å². The number of aromatic nitrogens is 2. The van der Waals surface area contributed by atoms with E-state index in [2.05, 4.69) is 29.1 Å². The van der Waals surface area contributed by atoms with Crippen LogP contribution in [-0.4, -0.2) is 33.6 Å². The Morgan fingerprint density at radius 1 is 1.23 bits per heavy atom. The van der Waals surface area contributed by atoms with Gasteiger partial charge >= 0.3 is 0 Å². The maximum atomic E-state index is 12.7. The Labute approximate surface area is 154 Å². The van der Waals surface area contributed by atoms with Crippen molar-refractivity contribution in [3.63, 3.8) is 0 Å². The zero-order chi connectivity index (χ0) is 18.8. The van der Waals surface area contributed by atoms with Gasteiger partial charge in [0.1, 0.15) is 0 Å². The van der Waals surface area contributed by atoms with Crippen molar-refractivity contribution in [2.24, 2.45) is 22.6 Å². The first-order valence-electron chi connectivity index (χ1n) is 9.27. The minimum Gasteiger partial charge on any atom is -0.369 e. The number of carbonyl (C=O) groups excluding carboxylic acids is 1. The lowest BCUT2D eigenvalue weighted by Crippen LogP contribution is -2.48. The molecule has 6 heteroatoms. The lowest BCUT2D eigenvalue weighted by Gasteiger charge is -2.32. The molecule has 26 heavy (non-hydrogen) atoms. The normalized spacial score (nSPS) is 22.5. The van der Waals surface area contributed by atoms with Crippen LogP contribution < -0.4 is 5.73 Å². The van der Waals surface area contributed by atoms with Crippen molar-refractivity contribution in [3.05, 3.63) is 47.8 Å². The average Bonchev–Trinajstić information content (AvgIpc) is 3.36. The van der Waals surface area contributed by atoms with E-state index in [-0.39, 0.29) is 23.8 Å². The van der Waals surface area contributed by atoms with Crippen LogP contribution in [-0.2, 0) is 4.79 Å². The molecule has 1 fully saturated rings. The molecule has 0 spiro atoms. The van der Waals surface area contributed by atoms with E-state index >= 15 is 0 Å². The van der Waals surface area contributed by atoms with Crippen molar-refractivity contribution in [3.8, 4) is 5.69 Å². The Morgan fingerprint density at radius 3 is 2.62 bits per heavy atom. The van der Waals surface area contributed by atoms with E-state index in [4.69, 9.17) is 5.73 Å². The largest absolute Gasteiger partial charge is 0.369 e. The molecule has 1 aromatic carbocycles. The summed E-state index contributed by atoms with van der Waals surface area (Å²) in [7, 11) is 1.70. The molecular weight excluding hydrogens is 326 g/mol. The maximum Gasteiger partial charge on any atom is 0.234 e. The van der Waals surface area contributed by atoms with Gasteiger partial charge in [-0.25, -0.2) is 9.67 Å². The topological polar surface area (TPSA) is 76.5 Å². The van der Waals surface area contributed by atoms with Gasteiger partial charge in [0.2, 0.25) is 5.91 Å². The fraction of sp³-hybridized carbons (Fsp3) is 0.450. The number of amides is 1. The van der Waals surface area contributed by atoms with Gasteiger partial charge in [0.05, 0.1) is 23.8 Å². The van der Waals surface area contributed by atoms with Crippen LogP contribution in [0.3, 0.4) is 0 Å². The van der Waals surface area contributed by atoms with Crippen molar-refractivity contribution < 1.29 is 4.79 Å². The van der Waals surface area contributed by atoms with Crippen molar-refractivity contribution in [1.82, 2.24) is 14.7 Å². The summed E-state index contributed by atoms with van der Waals surface area (Å²) >= 11 is 0. The number of carbonyl (C=O) groups is 1. The summed E-state index contributed by atoms with van der Waals surface area (Å²) in [6.45, 7) is 6.05. The van der Waals surface area contributed by atoms with Crippen LogP contribution in [0.2, 0.25) is 0 Å². The zero-order valence-electron chi connectivity index (χ0n) is 15.9. The number of aryl methyl sites for hydroxylation is 1.